The van der Waals surface area contributed by atoms with Crippen molar-refractivity contribution in [3.8, 4) is 11.5 Å². The number of halogens is 4. The first-order chi connectivity index (χ1) is 18.6. The maximum Gasteiger partial charge on any atom is 0.314 e. The van der Waals surface area contributed by atoms with Gasteiger partial charge in [-0.05, 0) is 49.6 Å². The molecule has 3 aromatic rings. The summed E-state index contributed by atoms with van der Waals surface area (Å²) in [6, 6.07) is 9.14. The molecule has 0 radical (unpaired) electrons. The Kier molecular flexibility index (Phi) is 8.83. The zero-order valence-corrected chi connectivity index (χ0v) is 22.2. The smallest absolute Gasteiger partial charge is 0.314 e. The Hall–Kier alpha value is -3.54. The van der Waals surface area contributed by atoms with Crippen LogP contribution in [0.4, 0.5) is 28.9 Å². The number of rotatable bonds is 11. The van der Waals surface area contributed by atoms with E-state index in [1.165, 1.54) is 13.1 Å². The van der Waals surface area contributed by atoms with Gasteiger partial charge in [-0.3, -0.25) is 14.7 Å². The fraction of sp³-hybridized carbons (Fsp3) is 0.481. The standard InChI is InChI=1S/C27H32F4N6O2/c1-4-27(30,31)16-36-11-9-21(10-12-36)37(17-38)22-8-5-18(2)13-23(22)35(3)15-20-7-6-19(14-32-20)25-33-34-26(39-25)24(28)29/h5-8,13-14,17,21,24H,4,9-12,15-16H2,1-3H3. The van der Waals surface area contributed by atoms with Crippen molar-refractivity contribution < 1.29 is 26.8 Å². The summed E-state index contributed by atoms with van der Waals surface area (Å²) in [5.41, 5.74) is 3.69. The number of benzene rings is 1. The molecule has 0 saturated carbocycles. The van der Waals surface area contributed by atoms with Crippen molar-refractivity contribution in [1.82, 2.24) is 20.1 Å². The molecule has 1 saturated heterocycles. The fourth-order valence-electron chi connectivity index (χ4n) is 4.70. The Morgan fingerprint density at radius 1 is 1.15 bits per heavy atom. The summed E-state index contributed by atoms with van der Waals surface area (Å²) >= 11 is 0. The normalized spacial score (nSPS) is 15.1. The van der Waals surface area contributed by atoms with Crippen molar-refractivity contribution in [2.75, 3.05) is 36.5 Å². The second kappa shape index (κ2) is 12.1. The molecule has 3 heterocycles. The van der Waals surface area contributed by atoms with E-state index >= 15 is 0 Å². The number of nitrogens with zero attached hydrogens (tertiary/aromatic N) is 6. The lowest BCUT2D eigenvalue weighted by Crippen LogP contribution is -2.47. The van der Waals surface area contributed by atoms with Gasteiger partial charge in [0.05, 0.1) is 35.7 Å². The van der Waals surface area contributed by atoms with Crippen molar-refractivity contribution in [3.63, 3.8) is 0 Å². The van der Waals surface area contributed by atoms with Gasteiger partial charge < -0.3 is 14.2 Å². The van der Waals surface area contributed by atoms with E-state index in [9.17, 15) is 22.4 Å². The van der Waals surface area contributed by atoms with Crippen molar-refractivity contribution >= 4 is 17.8 Å². The van der Waals surface area contributed by atoms with Gasteiger partial charge in [0.15, 0.2) is 0 Å². The maximum atomic E-state index is 13.9. The zero-order chi connectivity index (χ0) is 28.2. The molecule has 4 rings (SSSR count). The highest BCUT2D eigenvalue weighted by Gasteiger charge is 2.33. The van der Waals surface area contributed by atoms with Crippen LogP contribution in [0.3, 0.4) is 0 Å². The third kappa shape index (κ3) is 6.92. The number of hydrogen-bond donors (Lipinski definition) is 0. The highest BCUT2D eigenvalue weighted by Crippen LogP contribution is 2.34. The summed E-state index contributed by atoms with van der Waals surface area (Å²) in [5, 5.41) is 6.98. The molecule has 0 spiro atoms. The van der Waals surface area contributed by atoms with Crippen LogP contribution in [-0.4, -0.2) is 65.1 Å². The lowest BCUT2D eigenvalue weighted by atomic mass is 10.0. The maximum absolute atomic E-state index is 13.9. The number of carbonyl (C=O) groups excluding carboxylic acids is 1. The SMILES string of the molecule is CCC(F)(F)CN1CCC(N(C=O)c2ccc(C)cc2N(C)Cc2ccc(-c3nnc(C(F)F)o3)cn2)CC1. The van der Waals surface area contributed by atoms with Crippen LogP contribution in [0.25, 0.3) is 11.5 Å². The molecule has 1 aliphatic heterocycles. The fourth-order valence-corrected chi connectivity index (χ4v) is 4.70. The predicted octanol–water partition coefficient (Wildman–Crippen LogP) is 5.49. The van der Waals surface area contributed by atoms with Crippen LogP contribution in [-0.2, 0) is 11.3 Å². The van der Waals surface area contributed by atoms with Crippen molar-refractivity contribution in [2.24, 2.45) is 0 Å². The lowest BCUT2D eigenvalue weighted by Gasteiger charge is -2.39. The highest BCUT2D eigenvalue weighted by molar-refractivity contribution is 5.85. The number of piperidine rings is 1. The molecule has 0 unspecified atom stereocenters. The summed E-state index contributed by atoms with van der Waals surface area (Å²) < 4.78 is 58.2. The van der Waals surface area contributed by atoms with Crippen LogP contribution >= 0.6 is 0 Å². The molecule has 1 aliphatic rings. The monoisotopic (exact) mass is 548 g/mol. The summed E-state index contributed by atoms with van der Waals surface area (Å²) in [4.78, 5) is 22.1. The van der Waals surface area contributed by atoms with E-state index in [1.807, 2.05) is 37.1 Å². The Bertz CT molecular complexity index is 1250. The molecule has 210 valence electrons. The molecule has 8 nitrogen and oxygen atoms in total. The molecule has 1 aromatic carbocycles. The van der Waals surface area contributed by atoms with Gasteiger partial charge in [-0.15, -0.1) is 10.2 Å². The van der Waals surface area contributed by atoms with E-state index in [0.717, 1.165) is 23.3 Å². The van der Waals surface area contributed by atoms with Gasteiger partial charge in [-0.1, -0.05) is 13.0 Å². The second-order valence-electron chi connectivity index (χ2n) is 9.86. The van der Waals surface area contributed by atoms with Crippen LogP contribution in [0.5, 0.6) is 0 Å². The van der Waals surface area contributed by atoms with Crippen molar-refractivity contribution in [1.29, 1.82) is 0 Å². The number of carbonyl (C=O) groups is 1. The molecule has 0 bridgehead atoms. The first kappa shape index (κ1) is 28.5. The summed E-state index contributed by atoms with van der Waals surface area (Å²) in [7, 11) is 1.89. The molecule has 1 amide bonds. The minimum absolute atomic E-state index is 0.0373. The minimum atomic E-state index is -2.85. The first-order valence-electron chi connectivity index (χ1n) is 12.8. The number of pyridine rings is 1. The van der Waals surface area contributed by atoms with Crippen LogP contribution < -0.4 is 9.80 Å². The predicted molar refractivity (Wildman–Crippen MR) is 139 cm³/mol. The number of hydrogen-bond acceptors (Lipinski definition) is 7. The van der Waals surface area contributed by atoms with Gasteiger partial charge in [0.2, 0.25) is 12.3 Å². The second-order valence-corrected chi connectivity index (χ2v) is 9.86. The first-order valence-corrected chi connectivity index (χ1v) is 12.8. The third-order valence-corrected chi connectivity index (χ3v) is 6.95. The number of anilines is 2. The van der Waals surface area contributed by atoms with E-state index in [-0.39, 0.29) is 24.9 Å². The third-order valence-electron chi connectivity index (χ3n) is 6.95. The van der Waals surface area contributed by atoms with E-state index in [4.69, 9.17) is 4.42 Å². The van der Waals surface area contributed by atoms with Gasteiger partial charge in [-0.25, -0.2) is 8.78 Å². The number of likely N-dealkylation sites (tertiary alicyclic amines) is 1. The molecule has 12 heteroatoms. The van der Waals surface area contributed by atoms with Crippen molar-refractivity contribution in [3.05, 3.63) is 53.7 Å². The van der Waals surface area contributed by atoms with Gasteiger partial charge in [-0.2, -0.15) is 8.78 Å². The number of alkyl halides is 4. The summed E-state index contributed by atoms with van der Waals surface area (Å²) in [5.74, 6) is -3.49. The van der Waals surface area contributed by atoms with Gasteiger partial charge in [0.1, 0.15) is 0 Å². The molecule has 0 aliphatic carbocycles. The average molecular weight is 549 g/mol. The topological polar surface area (TPSA) is 78.6 Å². The number of aryl methyl sites for hydroxylation is 1. The van der Waals surface area contributed by atoms with Crippen LogP contribution in [0.2, 0.25) is 0 Å². The molecular weight excluding hydrogens is 516 g/mol. The molecule has 0 N–H and O–H groups in total. The molecule has 1 fully saturated rings. The Balaban J connectivity index is 1.47. The Labute approximate surface area is 224 Å². The molecular formula is C27H32F4N6O2. The van der Waals surface area contributed by atoms with E-state index in [2.05, 4.69) is 15.2 Å². The minimum Gasteiger partial charge on any atom is -0.415 e. The number of amides is 1. The quantitative estimate of drug-likeness (QED) is 0.232. The van der Waals surface area contributed by atoms with Crippen LogP contribution in [0.1, 0.15) is 49.8 Å². The average Bonchev–Trinajstić information content (AvgIpc) is 3.42. The van der Waals surface area contributed by atoms with Gasteiger partial charge >= 0.3 is 6.43 Å². The van der Waals surface area contributed by atoms with Crippen molar-refractivity contribution in [2.45, 2.75) is 58.0 Å². The Morgan fingerprint density at radius 3 is 2.49 bits per heavy atom. The van der Waals surface area contributed by atoms with Crippen LogP contribution in [0.15, 0.2) is 40.9 Å². The number of aromatic nitrogens is 3. The lowest BCUT2D eigenvalue weighted by molar-refractivity contribution is -0.108. The van der Waals surface area contributed by atoms with Gasteiger partial charge in [0.25, 0.3) is 11.8 Å². The van der Waals surface area contributed by atoms with E-state index in [1.54, 1.807) is 21.9 Å². The van der Waals surface area contributed by atoms with E-state index in [0.29, 0.717) is 43.7 Å². The van der Waals surface area contributed by atoms with Gasteiger partial charge in [0, 0.05) is 38.8 Å². The molecule has 0 atom stereocenters. The zero-order valence-electron chi connectivity index (χ0n) is 22.2. The summed E-state index contributed by atoms with van der Waals surface area (Å²) in [6.07, 6.45) is 0.453. The summed E-state index contributed by atoms with van der Waals surface area (Å²) in [6.45, 7) is 4.58. The Morgan fingerprint density at radius 2 is 1.90 bits per heavy atom. The molecule has 2 aromatic heterocycles. The molecule has 39 heavy (non-hydrogen) atoms. The van der Waals surface area contributed by atoms with Crippen LogP contribution in [0, 0.1) is 6.92 Å². The largest absolute Gasteiger partial charge is 0.415 e. The highest BCUT2D eigenvalue weighted by atomic mass is 19.3. The van der Waals surface area contributed by atoms with E-state index < -0.39 is 18.2 Å².